The van der Waals surface area contributed by atoms with E-state index in [0.29, 0.717) is 28.3 Å². The second-order valence-electron chi connectivity index (χ2n) is 7.85. The average molecular weight is 518 g/mol. The molecule has 1 atom stereocenters. The third-order valence-corrected chi connectivity index (χ3v) is 8.61. The molecular formula is C24H24FN3O5S2. The fraction of sp³-hybridized carbons (Fsp3) is 0.208. The van der Waals surface area contributed by atoms with Crippen molar-refractivity contribution >= 4 is 31.4 Å². The summed E-state index contributed by atoms with van der Waals surface area (Å²) in [6.45, 7) is 1.54. The number of nitrogens with zero attached hydrogens (tertiary/aromatic N) is 2. The molecule has 35 heavy (non-hydrogen) atoms. The van der Waals surface area contributed by atoms with E-state index in [2.05, 4.69) is 9.82 Å². The Morgan fingerprint density at radius 2 is 1.60 bits per heavy atom. The van der Waals surface area contributed by atoms with E-state index < -0.39 is 31.9 Å². The number of hydrogen-bond acceptors (Lipinski definition) is 6. The van der Waals surface area contributed by atoms with Crippen LogP contribution in [0.3, 0.4) is 0 Å². The van der Waals surface area contributed by atoms with Gasteiger partial charge in [-0.15, -0.1) is 0 Å². The number of methoxy groups -OCH3 is 1. The van der Waals surface area contributed by atoms with Crippen molar-refractivity contribution in [3.63, 3.8) is 0 Å². The van der Waals surface area contributed by atoms with Crippen molar-refractivity contribution < 1.29 is 26.0 Å². The molecule has 0 amide bonds. The fourth-order valence-electron chi connectivity index (χ4n) is 3.66. The summed E-state index contributed by atoms with van der Waals surface area (Å²) in [5.74, 6) is 0.0345. The maximum atomic E-state index is 13.5. The highest BCUT2D eigenvalue weighted by Gasteiger charge is 2.37. The Kier molecular flexibility index (Phi) is 6.82. The minimum atomic E-state index is -4.09. The number of hydrogen-bond donors (Lipinski definition) is 1. The first-order chi connectivity index (χ1) is 16.6. The molecule has 4 rings (SSSR count). The van der Waals surface area contributed by atoms with Gasteiger partial charge in [-0.1, -0.05) is 24.3 Å². The molecule has 11 heteroatoms. The second-order valence-corrected chi connectivity index (χ2v) is 11.7. The van der Waals surface area contributed by atoms with Crippen molar-refractivity contribution in [1.82, 2.24) is 4.41 Å². The van der Waals surface area contributed by atoms with E-state index in [0.717, 1.165) is 16.5 Å². The number of hydrazone groups is 1. The van der Waals surface area contributed by atoms with Crippen LogP contribution >= 0.6 is 0 Å². The van der Waals surface area contributed by atoms with Gasteiger partial charge < -0.3 is 4.74 Å². The molecule has 8 nitrogen and oxygen atoms in total. The van der Waals surface area contributed by atoms with E-state index in [4.69, 9.17) is 4.74 Å². The minimum Gasteiger partial charge on any atom is -0.497 e. The van der Waals surface area contributed by atoms with Crippen molar-refractivity contribution in [2.45, 2.75) is 24.3 Å². The highest BCUT2D eigenvalue weighted by Crippen LogP contribution is 2.37. The van der Waals surface area contributed by atoms with Crippen LogP contribution in [0.25, 0.3) is 0 Å². The van der Waals surface area contributed by atoms with Gasteiger partial charge in [0.2, 0.25) is 10.0 Å². The number of sulfonamides is 2. The molecule has 0 bridgehead atoms. The molecule has 0 spiro atoms. The molecule has 0 saturated heterocycles. The van der Waals surface area contributed by atoms with E-state index in [1.54, 1.807) is 62.6 Å². The van der Waals surface area contributed by atoms with Crippen LogP contribution in [0.1, 0.15) is 30.5 Å². The molecule has 0 aromatic heterocycles. The van der Waals surface area contributed by atoms with Crippen molar-refractivity contribution in [2.24, 2.45) is 5.10 Å². The van der Waals surface area contributed by atoms with Gasteiger partial charge in [-0.2, -0.15) is 17.9 Å². The molecule has 1 heterocycles. The first kappa shape index (κ1) is 24.7. The number of nitrogens with one attached hydrogen (secondary N) is 1. The molecule has 0 radical (unpaired) electrons. The highest BCUT2D eigenvalue weighted by molar-refractivity contribution is 7.92. The molecule has 3 aromatic rings. The van der Waals surface area contributed by atoms with E-state index in [9.17, 15) is 21.2 Å². The topological polar surface area (TPSA) is 105 Å². The molecule has 1 aliphatic rings. The lowest BCUT2D eigenvalue weighted by molar-refractivity contribution is 0.370. The van der Waals surface area contributed by atoms with E-state index in [-0.39, 0.29) is 17.1 Å². The van der Waals surface area contributed by atoms with Gasteiger partial charge >= 0.3 is 0 Å². The number of halogens is 1. The Labute approximate surface area is 204 Å². The second kappa shape index (κ2) is 9.67. The van der Waals surface area contributed by atoms with Gasteiger partial charge in [-0.25, -0.2) is 12.8 Å². The van der Waals surface area contributed by atoms with Crippen LogP contribution in [0, 0.1) is 5.82 Å². The number of benzene rings is 3. The van der Waals surface area contributed by atoms with Gasteiger partial charge in [-0.3, -0.25) is 4.72 Å². The Hall–Kier alpha value is -3.44. The van der Waals surface area contributed by atoms with Gasteiger partial charge in [0.05, 0.1) is 29.5 Å². The first-order valence-corrected chi connectivity index (χ1v) is 13.8. The Balaban J connectivity index is 1.71. The van der Waals surface area contributed by atoms with Crippen LogP contribution in [0.15, 0.2) is 82.8 Å². The fourth-order valence-corrected chi connectivity index (χ4v) is 5.73. The van der Waals surface area contributed by atoms with Crippen molar-refractivity contribution in [3.05, 3.63) is 89.7 Å². The summed E-state index contributed by atoms with van der Waals surface area (Å²) in [5, 5.41) is 4.45. The molecule has 1 N–H and O–H groups in total. The van der Waals surface area contributed by atoms with Crippen LogP contribution in [0.4, 0.5) is 10.1 Å². The lowest BCUT2D eigenvalue weighted by atomic mass is 9.99. The van der Waals surface area contributed by atoms with Gasteiger partial charge in [0.25, 0.3) is 10.0 Å². The first-order valence-electron chi connectivity index (χ1n) is 10.8. The SMILES string of the molecule is CCS(=O)(=O)Nc1ccc(C2=NN(S(=O)(=O)c3ccc(F)cc3)C(c3ccc(OC)cc3)C2)cc1. The Bertz CT molecular complexity index is 1440. The molecule has 184 valence electrons. The number of anilines is 1. The quantitative estimate of drug-likeness (QED) is 0.484. The molecule has 1 aliphatic heterocycles. The smallest absolute Gasteiger partial charge is 0.279 e. The number of rotatable bonds is 8. The molecule has 0 fully saturated rings. The third-order valence-electron chi connectivity index (χ3n) is 5.60. The van der Waals surface area contributed by atoms with Gasteiger partial charge in [0.1, 0.15) is 11.6 Å². The van der Waals surface area contributed by atoms with Crippen LogP contribution in [-0.2, 0) is 20.0 Å². The lowest BCUT2D eigenvalue weighted by Gasteiger charge is -2.23. The van der Waals surface area contributed by atoms with Crippen LogP contribution < -0.4 is 9.46 Å². The number of ether oxygens (including phenoxy) is 1. The van der Waals surface area contributed by atoms with Crippen LogP contribution in [0.5, 0.6) is 5.75 Å². The summed E-state index contributed by atoms with van der Waals surface area (Å²) in [4.78, 5) is -0.0771. The van der Waals surface area contributed by atoms with Crippen molar-refractivity contribution in [3.8, 4) is 5.75 Å². The normalized spacial score (nSPS) is 16.1. The summed E-state index contributed by atoms with van der Waals surface area (Å²) in [5.41, 5.74) is 2.28. The van der Waals surface area contributed by atoms with Crippen LogP contribution in [-0.4, -0.2) is 39.8 Å². The predicted molar refractivity (Wildman–Crippen MR) is 132 cm³/mol. The zero-order valence-electron chi connectivity index (χ0n) is 19.0. The molecule has 3 aromatic carbocycles. The zero-order chi connectivity index (χ0) is 25.2. The summed E-state index contributed by atoms with van der Waals surface area (Å²) in [7, 11) is -5.97. The predicted octanol–water partition coefficient (Wildman–Crippen LogP) is 4.14. The standard InChI is InChI=1S/C24H24FN3O5S2/c1-3-34(29,30)27-20-10-4-17(5-11-20)23-16-24(18-6-12-21(33-2)13-7-18)28(26-23)35(31,32)22-14-8-19(25)9-15-22/h4-15,24,27H,3,16H2,1-2H3. The van der Waals surface area contributed by atoms with E-state index >= 15 is 0 Å². The van der Waals surface area contributed by atoms with Crippen LogP contribution in [0.2, 0.25) is 0 Å². The van der Waals surface area contributed by atoms with Gasteiger partial charge in [0.15, 0.2) is 0 Å². The Morgan fingerprint density at radius 3 is 2.17 bits per heavy atom. The zero-order valence-corrected chi connectivity index (χ0v) is 20.7. The molecular weight excluding hydrogens is 493 g/mol. The summed E-state index contributed by atoms with van der Waals surface area (Å²) in [6.07, 6.45) is 0.285. The average Bonchev–Trinajstić information content (AvgIpc) is 3.31. The van der Waals surface area contributed by atoms with Gasteiger partial charge in [-0.05, 0) is 66.6 Å². The maximum absolute atomic E-state index is 13.5. The largest absolute Gasteiger partial charge is 0.497 e. The minimum absolute atomic E-state index is 0.0544. The van der Waals surface area contributed by atoms with E-state index in [1.165, 1.54) is 12.1 Å². The Morgan fingerprint density at radius 1 is 0.971 bits per heavy atom. The summed E-state index contributed by atoms with van der Waals surface area (Å²) < 4.78 is 72.7. The van der Waals surface area contributed by atoms with E-state index in [1.807, 2.05) is 0 Å². The third kappa shape index (κ3) is 5.30. The summed E-state index contributed by atoms with van der Waals surface area (Å²) in [6, 6.07) is 17.6. The van der Waals surface area contributed by atoms with Gasteiger partial charge in [0, 0.05) is 12.1 Å². The lowest BCUT2D eigenvalue weighted by Crippen LogP contribution is -2.27. The molecule has 0 aliphatic carbocycles. The van der Waals surface area contributed by atoms with Crippen molar-refractivity contribution in [2.75, 3.05) is 17.6 Å². The molecule has 0 saturated carbocycles. The highest BCUT2D eigenvalue weighted by atomic mass is 32.2. The monoisotopic (exact) mass is 517 g/mol. The van der Waals surface area contributed by atoms with Crippen molar-refractivity contribution in [1.29, 1.82) is 0 Å². The maximum Gasteiger partial charge on any atom is 0.279 e. The molecule has 1 unspecified atom stereocenters. The summed E-state index contributed by atoms with van der Waals surface area (Å²) >= 11 is 0.